The zero-order chi connectivity index (χ0) is 20.1. The predicted molar refractivity (Wildman–Crippen MR) is 110 cm³/mol. The van der Waals surface area contributed by atoms with Crippen molar-refractivity contribution in [1.29, 1.82) is 0 Å². The molecule has 1 aliphatic heterocycles. The first-order valence-electron chi connectivity index (χ1n) is 9.56. The van der Waals surface area contributed by atoms with E-state index in [-0.39, 0.29) is 17.6 Å². The Bertz CT molecular complexity index is 869. The molecule has 5 heteroatoms. The topological polar surface area (TPSA) is 60.9 Å². The number of phenolic OH excluding ortho intramolecular Hbond substituents is 1. The van der Waals surface area contributed by atoms with Gasteiger partial charge in [-0.15, -0.1) is 0 Å². The number of carbonyl (C=O) groups excluding carboxylic acids is 2. The largest absolute Gasteiger partial charge is 0.508 e. The summed E-state index contributed by atoms with van der Waals surface area (Å²) in [4.78, 5) is 27.7. The average molecular weight is 378 g/mol. The van der Waals surface area contributed by atoms with Crippen molar-refractivity contribution in [2.75, 3.05) is 26.2 Å². The summed E-state index contributed by atoms with van der Waals surface area (Å²) in [6.45, 7) is 7.61. The van der Waals surface area contributed by atoms with E-state index >= 15 is 0 Å². The van der Waals surface area contributed by atoms with Gasteiger partial charge in [-0.2, -0.15) is 0 Å². The van der Waals surface area contributed by atoms with Gasteiger partial charge in [0, 0.05) is 32.6 Å². The second-order valence-electron chi connectivity index (χ2n) is 7.07. The number of carbonyl (C=O) groups is 2. The highest BCUT2D eigenvalue weighted by Crippen LogP contribution is 2.30. The van der Waals surface area contributed by atoms with Gasteiger partial charge in [0.1, 0.15) is 5.75 Å². The molecule has 3 rings (SSSR count). The number of phenols is 1. The van der Waals surface area contributed by atoms with E-state index < -0.39 is 0 Å². The normalized spacial score (nSPS) is 14.0. The third-order valence-corrected chi connectivity index (χ3v) is 5.24. The van der Waals surface area contributed by atoms with Crippen molar-refractivity contribution in [3.63, 3.8) is 0 Å². The standard InChI is InChI=1S/C23H26N2O3/c1-3-22(27)24-11-13-25(14-12-24)23(28)10-9-19-16-20(17(2)15-21(19)26)18-7-5-4-6-8-18/h3-8,15-16,26H,1,9-14H2,2H3. The molecule has 0 spiro atoms. The van der Waals surface area contributed by atoms with E-state index in [4.69, 9.17) is 0 Å². The fourth-order valence-corrected chi connectivity index (χ4v) is 3.57. The lowest BCUT2D eigenvalue weighted by Gasteiger charge is -2.34. The molecule has 0 unspecified atom stereocenters. The van der Waals surface area contributed by atoms with Crippen molar-refractivity contribution in [2.24, 2.45) is 0 Å². The molecule has 0 radical (unpaired) electrons. The van der Waals surface area contributed by atoms with E-state index in [0.717, 1.165) is 22.3 Å². The Labute approximate surface area is 165 Å². The van der Waals surface area contributed by atoms with E-state index in [1.165, 1.54) is 6.08 Å². The number of nitrogens with zero attached hydrogens (tertiary/aromatic N) is 2. The molecular weight excluding hydrogens is 352 g/mol. The zero-order valence-corrected chi connectivity index (χ0v) is 16.2. The molecule has 1 heterocycles. The summed E-state index contributed by atoms with van der Waals surface area (Å²) in [5, 5.41) is 10.3. The molecule has 0 bridgehead atoms. The molecule has 28 heavy (non-hydrogen) atoms. The summed E-state index contributed by atoms with van der Waals surface area (Å²) in [5.41, 5.74) is 3.94. The molecule has 0 saturated carbocycles. The molecule has 0 aliphatic carbocycles. The average Bonchev–Trinajstić information content (AvgIpc) is 2.73. The Morgan fingerprint density at radius 1 is 1.07 bits per heavy atom. The van der Waals surface area contributed by atoms with E-state index in [1.54, 1.807) is 15.9 Å². The van der Waals surface area contributed by atoms with Crippen LogP contribution in [0.4, 0.5) is 0 Å². The fourth-order valence-electron chi connectivity index (χ4n) is 3.57. The highest BCUT2D eigenvalue weighted by molar-refractivity contribution is 5.87. The number of aromatic hydroxyl groups is 1. The molecule has 5 nitrogen and oxygen atoms in total. The first-order chi connectivity index (χ1) is 13.5. The predicted octanol–water partition coefficient (Wildman–Crippen LogP) is 3.16. The van der Waals surface area contributed by atoms with Crippen LogP contribution < -0.4 is 0 Å². The molecule has 2 aromatic rings. The van der Waals surface area contributed by atoms with Gasteiger partial charge in [-0.05, 0) is 53.8 Å². The van der Waals surface area contributed by atoms with E-state index in [1.807, 2.05) is 43.3 Å². The van der Waals surface area contributed by atoms with Gasteiger partial charge in [-0.3, -0.25) is 9.59 Å². The third-order valence-electron chi connectivity index (χ3n) is 5.24. The van der Waals surface area contributed by atoms with Crippen LogP contribution in [-0.2, 0) is 16.0 Å². The lowest BCUT2D eigenvalue weighted by Crippen LogP contribution is -2.50. The van der Waals surface area contributed by atoms with Gasteiger partial charge in [0.25, 0.3) is 0 Å². The van der Waals surface area contributed by atoms with Crippen LogP contribution in [0.1, 0.15) is 17.5 Å². The minimum atomic E-state index is -0.0925. The summed E-state index contributed by atoms with van der Waals surface area (Å²) < 4.78 is 0. The van der Waals surface area contributed by atoms with Gasteiger partial charge in [0.05, 0.1) is 0 Å². The Kier molecular flexibility index (Phi) is 6.14. The zero-order valence-electron chi connectivity index (χ0n) is 16.2. The van der Waals surface area contributed by atoms with Gasteiger partial charge < -0.3 is 14.9 Å². The molecule has 2 aromatic carbocycles. The highest BCUT2D eigenvalue weighted by atomic mass is 16.3. The van der Waals surface area contributed by atoms with Crippen LogP contribution in [0.2, 0.25) is 0 Å². The third kappa shape index (κ3) is 4.42. The molecule has 1 aliphatic rings. The second kappa shape index (κ2) is 8.74. The number of piperazine rings is 1. The van der Waals surface area contributed by atoms with Crippen molar-refractivity contribution in [1.82, 2.24) is 9.80 Å². The van der Waals surface area contributed by atoms with Crippen molar-refractivity contribution in [3.8, 4) is 16.9 Å². The quantitative estimate of drug-likeness (QED) is 0.813. The summed E-state index contributed by atoms with van der Waals surface area (Å²) in [6.07, 6.45) is 2.12. The SMILES string of the molecule is C=CC(=O)N1CCN(C(=O)CCc2cc(-c3ccccc3)c(C)cc2O)CC1. The van der Waals surface area contributed by atoms with Crippen molar-refractivity contribution < 1.29 is 14.7 Å². The Morgan fingerprint density at radius 3 is 2.36 bits per heavy atom. The van der Waals surface area contributed by atoms with Crippen molar-refractivity contribution in [2.45, 2.75) is 19.8 Å². The molecule has 0 aromatic heterocycles. The van der Waals surface area contributed by atoms with Crippen LogP contribution in [-0.4, -0.2) is 52.9 Å². The minimum Gasteiger partial charge on any atom is -0.508 e. The Balaban J connectivity index is 1.64. The van der Waals surface area contributed by atoms with E-state index in [2.05, 4.69) is 6.58 Å². The van der Waals surface area contributed by atoms with Crippen LogP contribution in [0.15, 0.2) is 55.1 Å². The monoisotopic (exact) mass is 378 g/mol. The highest BCUT2D eigenvalue weighted by Gasteiger charge is 2.23. The van der Waals surface area contributed by atoms with Crippen LogP contribution in [0, 0.1) is 6.92 Å². The smallest absolute Gasteiger partial charge is 0.246 e. The Hall–Kier alpha value is -3.08. The Morgan fingerprint density at radius 2 is 1.71 bits per heavy atom. The maximum atomic E-state index is 12.6. The maximum Gasteiger partial charge on any atom is 0.246 e. The van der Waals surface area contributed by atoms with Crippen molar-refractivity contribution in [3.05, 3.63) is 66.2 Å². The van der Waals surface area contributed by atoms with E-state index in [9.17, 15) is 14.7 Å². The fraction of sp³-hybridized carbons (Fsp3) is 0.304. The number of benzene rings is 2. The molecule has 0 atom stereocenters. The van der Waals surface area contributed by atoms with Gasteiger partial charge in [0.15, 0.2) is 0 Å². The van der Waals surface area contributed by atoms with Crippen molar-refractivity contribution >= 4 is 11.8 Å². The second-order valence-corrected chi connectivity index (χ2v) is 7.07. The molecule has 1 fully saturated rings. The minimum absolute atomic E-state index is 0.0481. The first-order valence-corrected chi connectivity index (χ1v) is 9.56. The van der Waals surface area contributed by atoms with Gasteiger partial charge in [-0.1, -0.05) is 36.9 Å². The van der Waals surface area contributed by atoms with Gasteiger partial charge in [-0.25, -0.2) is 0 Å². The summed E-state index contributed by atoms with van der Waals surface area (Å²) in [7, 11) is 0. The van der Waals surface area contributed by atoms with E-state index in [0.29, 0.717) is 39.0 Å². The van der Waals surface area contributed by atoms with Crippen LogP contribution >= 0.6 is 0 Å². The molecule has 1 N–H and O–H groups in total. The van der Waals surface area contributed by atoms with Crippen LogP contribution in [0.25, 0.3) is 11.1 Å². The number of hydrogen-bond donors (Lipinski definition) is 1. The molecule has 146 valence electrons. The lowest BCUT2D eigenvalue weighted by molar-refractivity contribution is -0.137. The molecule has 1 saturated heterocycles. The lowest BCUT2D eigenvalue weighted by atomic mass is 9.95. The van der Waals surface area contributed by atoms with Gasteiger partial charge >= 0.3 is 0 Å². The van der Waals surface area contributed by atoms with Gasteiger partial charge in [0.2, 0.25) is 11.8 Å². The van der Waals surface area contributed by atoms with Crippen LogP contribution in [0.5, 0.6) is 5.75 Å². The number of aryl methyl sites for hydroxylation is 2. The maximum absolute atomic E-state index is 12.6. The summed E-state index contributed by atoms with van der Waals surface area (Å²) in [5.74, 6) is 0.184. The van der Waals surface area contributed by atoms with Crippen LogP contribution in [0.3, 0.4) is 0 Å². The molecule has 2 amide bonds. The summed E-state index contributed by atoms with van der Waals surface area (Å²) in [6, 6.07) is 13.8. The number of hydrogen-bond acceptors (Lipinski definition) is 3. The first kappa shape index (κ1) is 19.7. The summed E-state index contributed by atoms with van der Waals surface area (Å²) >= 11 is 0. The number of rotatable bonds is 5. The number of amides is 2. The molecular formula is C23H26N2O3.